The molecule has 2 rings (SSSR count). The molecule has 0 aromatic carbocycles. The number of hydrogen-bond donors (Lipinski definition) is 2. The van der Waals surface area contributed by atoms with E-state index in [4.69, 9.17) is 9.73 Å². The maximum Gasteiger partial charge on any atom is 0.410 e. The van der Waals surface area contributed by atoms with Gasteiger partial charge in [-0.2, -0.15) is 0 Å². The molecule has 0 unspecified atom stereocenters. The summed E-state index contributed by atoms with van der Waals surface area (Å²) in [5.74, 6) is 0.840. The van der Waals surface area contributed by atoms with E-state index in [1.54, 1.807) is 4.90 Å². The lowest BCUT2D eigenvalue weighted by Gasteiger charge is -2.40. The second-order valence-electron chi connectivity index (χ2n) is 8.84. The summed E-state index contributed by atoms with van der Waals surface area (Å²) in [6.45, 7) is 16.5. The van der Waals surface area contributed by atoms with Crippen molar-refractivity contribution in [3.05, 3.63) is 0 Å². The highest BCUT2D eigenvalue weighted by Crippen LogP contribution is 2.15. The van der Waals surface area contributed by atoms with Gasteiger partial charge >= 0.3 is 6.09 Å². The van der Waals surface area contributed by atoms with Crippen LogP contribution < -0.4 is 10.6 Å². The van der Waals surface area contributed by atoms with Crippen LogP contribution in [-0.4, -0.2) is 104 Å². The van der Waals surface area contributed by atoms with Crippen LogP contribution in [0, 0.1) is 0 Å². The fourth-order valence-electron chi connectivity index (χ4n) is 3.37. The maximum atomic E-state index is 12.0. The Balaban J connectivity index is 1.68. The Morgan fingerprint density at radius 2 is 1.93 bits per heavy atom. The number of likely N-dealkylation sites (tertiary alicyclic amines) is 1. The van der Waals surface area contributed by atoms with E-state index in [0.717, 1.165) is 45.1 Å². The Morgan fingerprint density at radius 1 is 1.18 bits per heavy atom. The molecule has 0 aromatic rings. The quantitative estimate of drug-likeness (QED) is 0.399. The molecule has 2 heterocycles. The van der Waals surface area contributed by atoms with Gasteiger partial charge in [-0.05, 0) is 67.2 Å². The minimum atomic E-state index is -0.450. The molecule has 0 bridgehead atoms. The summed E-state index contributed by atoms with van der Waals surface area (Å²) in [4.78, 5) is 23.4. The lowest BCUT2D eigenvalue weighted by Crippen LogP contribution is -2.63. The zero-order chi connectivity index (χ0) is 20.6. The summed E-state index contributed by atoms with van der Waals surface area (Å²) < 4.78 is 5.40. The normalized spacial score (nSPS) is 20.5. The third-order valence-electron chi connectivity index (χ3n) is 4.93. The zero-order valence-electron chi connectivity index (χ0n) is 18.5. The van der Waals surface area contributed by atoms with E-state index in [2.05, 4.69) is 34.4 Å². The Bertz CT molecular complexity index is 513. The summed E-state index contributed by atoms with van der Waals surface area (Å²) in [6, 6.07) is 0.228. The number of nitrogens with one attached hydrogen (secondary N) is 2. The zero-order valence-corrected chi connectivity index (χ0v) is 18.5. The molecule has 2 fully saturated rings. The van der Waals surface area contributed by atoms with E-state index in [9.17, 15) is 4.79 Å². The predicted molar refractivity (Wildman–Crippen MR) is 114 cm³/mol. The summed E-state index contributed by atoms with van der Waals surface area (Å²) in [5.41, 5.74) is -0.450. The van der Waals surface area contributed by atoms with E-state index in [0.29, 0.717) is 13.1 Å². The third kappa shape index (κ3) is 8.22. The van der Waals surface area contributed by atoms with Crippen LogP contribution in [0.1, 0.15) is 40.5 Å². The highest BCUT2D eigenvalue weighted by molar-refractivity contribution is 5.80. The van der Waals surface area contributed by atoms with Gasteiger partial charge in [0.25, 0.3) is 0 Å². The molecule has 0 spiro atoms. The molecule has 0 saturated carbocycles. The van der Waals surface area contributed by atoms with Gasteiger partial charge < -0.3 is 30.1 Å². The molecule has 0 radical (unpaired) electrons. The van der Waals surface area contributed by atoms with Crippen molar-refractivity contribution in [2.24, 2.45) is 4.99 Å². The Hall–Kier alpha value is -1.54. The number of guanidine groups is 1. The molecule has 2 aliphatic heterocycles. The van der Waals surface area contributed by atoms with Gasteiger partial charge in [-0.15, -0.1) is 0 Å². The van der Waals surface area contributed by atoms with Gasteiger partial charge in [-0.1, -0.05) is 0 Å². The Kier molecular flexibility index (Phi) is 8.82. The number of hydrogen-bond acceptors (Lipinski definition) is 5. The highest BCUT2D eigenvalue weighted by atomic mass is 16.6. The fourth-order valence-corrected chi connectivity index (χ4v) is 3.37. The van der Waals surface area contributed by atoms with Gasteiger partial charge in [0.2, 0.25) is 0 Å². The molecule has 28 heavy (non-hydrogen) atoms. The van der Waals surface area contributed by atoms with Gasteiger partial charge in [0.05, 0.1) is 6.04 Å². The second-order valence-corrected chi connectivity index (χ2v) is 8.84. The van der Waals surface area contributed by atoms with Crippen molar-refractivity contribution in [1.82, 2.24) is 25.3 Å². The molecule has 0 atom stereocenters. The molecule has 162 valence electrons. The molecule has 0 aliphatic carbocycles. The van der Waals surface area contributed by atoms with Gasteiger partial charge in [0.15, 0.2) is 5.96 Å². The summed E-state index contributed by atoms with van der Waals surface area (Å²) in [5, 5.41) is 6.73. The van der Waals surface area contributed by atoms with Crippen molar-refractivity contribution in [2.75, 3.05) is 66.0 Å². The van der Waals surface area contributed by atoms with Crippen LogP contribution in [0.4, 0.5) is 4.79 Å². The van der Waals surface area contributed by atoms with E-state index in [-0.39, 0.29) is 12.1 Å². The second kappa shape index (κ2) is 10.9. The fraction of sp³-hybridized carbons (Fsp3) is 0.900. The molecule has 2 aliphatic rings. The first-order chi connectivity index (χ1) is 13.3. The molecule has 8 nitrogen and oxygen atoms in total. The minimum absolute atomic E-state index is 0.228. The van der Waals surface area contributed by atoms with Crippen LogP contribution in [0.3, 0.4) is 0 Å². The highest BCUT2D eigenvalue weighted by Gasteiger charge is 2.34. The van der Waals surface area contributed by atoms with E-state index in [1.807, 2.05) is 20.8 Å². The summed E-state index contributed by atoms with van der Waals surface area (Å²) >= 11 is 0. The first kappa shape index (κ1) is 22.7. The van der Waals surface area contributed by atoms with Crippen LogP contribution in [-0.2, 0) is 4.74 Å². The van der Waals surface area contributed by atoms with Gasteiger partial charge in [-0.3, -0.25) is 4.99 Å². The predicted octanol–water partition coefficient (Wildman–Crippen LogP) is 1.19. The van der Waals surface area contributed by atoms with Crippen molar-refractivity contribution >= 4 is 12.1 Å². The van der Waals surface area contributed by atoms with Crippen LogP contribution in [0.15, 0.2) is 4.99 Å². The molecular weight excluding hydrogens is 356 g/mol. The van der Waals surface area contributed by atoms with E-state index in [1.165, 1.54) is 19.5 Å². The number of likely N-dealkylation sites (N-methyl/N-ethyl adjacent to an activating group) is 1. The summed E-state index contributed by atoms with van der Waals surface area (Å²) in [6.07, 6.45) is 2.07. The number of carbonyl (C=O) groups is 1. The largest absolute Gasteiger partial charge is 0.444 e. The Morgan fingerprint density at radius 3 is 2.61 bits per heavy atom. The number of carbonyl (C=O) groups excluding carboxylic acids is 1. The SMILES string of the molecule is CCNC(=NCCCN1CCCN(C)CC1)NC1CN(C(=O)OC(C)(C)C)C1. The van der Waals surface area contributed by atoms with Crippen molar-refractivity contribution in [3.8, 4) is 0 Å². The smallest absolute Gasteiger partial charge is 0.410 e. The van der Waals surface area contributed by atoms with Crippen molar-refractivity contribution in [3.63, 3.8) is 0 Å². The van der Waals surface area contributed by atoms with Gasteiger partial charge in [0.1, 0.15) is 5.60 Å². The van der Waals surface area contributed by atoms with E-state index < -0.39 is 5.60 Å². The third-order valence-corrected chi connectivity index (χ3v) is 4.93. The first-order valence-corrected chi connectivity index (χ1v) is 10.7. The lowest BCUT2D eigenvalue weighted by atomic mass is 10.1. The minimum Gasteiger partial charge on any atom is -0.444 e. The monoisotopic (exact) mass is 396 g/mol. The van der Waals surface area contributed by atoms with Gasteiger partial charge in [0, 0.05) is 39.3 Å². The molecular formula is C20H40N6O2. The number of nitrogens with zero attached hydrogens (tertiary/aromatic N) is 4. The number of amides is 1. The van der Waals surface area contributed by atoms with E-state index >= 15 is 0 Å². The maximum absolute atomic E-state index is 12.0. The van der Waals surface area contributed by atoms with Crippen molar-refractivity contribution in [2.45, 2.75) is 52.2 Å². The number of rotatable bonds is 6. The molecule has 1 amide bonds. The Labute approximate surface area is 170 Å². The number of ether oxygens (including phenoxy) is 1. The average Bonchev–Trinajstić information content (AvgIpc) is 2.77. The summed E-state index contributed by atoms with van der Waals surface area (Å²) in [7, 11) is 2.20. The van der Waals surface area contributed by atoms with Crippen molar-refractivity contribution in [1.29, 1.82) is 0 Å². The molecule has 0 aromatic heterocycles. The average molecular weight is 397 g/mol. The topological polar surface area (TPSA) is 72.4 Å². The van der Waals surface area contributed by atoms with Gasteiger partial charge in [-0.25, -0.2) is 4.79 Å². The first-order valence-electron chi connectivity index (χ1n) is 10.7. The molecule has 8 heteroatoms. The van der Waals surface area contributed by atoms with Crippen LogP contribution in [0.2, 0.25) is 0 Å². The molecule has 2 N–H and O–H groups in total. The van der Waals surface area contributed by atoms with Crippen LogP contribution >= 0.6 is 0 Å². The van der Waals surface area contributed by atoms with Crippen LogP contribution in [0.25, 0.3) is 0 Å². The molecule has 2 saturated heterocycles. The van der Waals surface area contributed by atoms with Crippen LogP contribution in [0.5, 0.6) is 0 Å². The number of aliphatic imine (C=N–C) groups is 1. The lowest BCUT2D eigenvalue weighted by molar-refractivity contribution is 0.00701. The standard InChI is InChI=1S/C20H40N6O2/c1-6-21-18(22-9-7-11-25-12-8-10-24(5)13-14-25)23-17-15-26(16-17)19(27)28-20(2,3)4/h17H,6-16H2,1-5H3,(H2,21,22,23). The van der Waals surface area contributed by atoms with Crippen molar-refractivity contribution < 1.29 is 9.53 Å².